The van der Waals surface area contributed by atoms with Crippen molar-refractivity contribution in [3.8, 4) is 11.5 Å². The zero-order valence-corrected chi connectivity index (χ0v) is 9.40. The van der Waals surface area contributed by atoms with Gasteiger partial charge in [-0.05, 0) is 25.1 Å². The summed E-state index contributed by atoms with van der Waals surface area (Å²) in [5.74, 6) is 1.13. The highest BCUT2D eigenvalue weighted by molar-refractivity contribution is 5.52. The molecule has 0 saturated carbocycles. The molecule has 5 heteroatoms. The molecule has 0 aliphatic heterocycles. The minimum Gasteiger partial charge on any atom is -0.337 e. The third kappa shape index (κ3) is 2.25. The predicted octanol–water partition coefficient (Wildman–Crippen LogP) is 1.55. The smallest absolute Gasteiger partial charge is 0.240 e. The predicted molar refractivity (Wildman–Crippen MR) is 59.6 cm³/mol. The Morgan fingerprint density at radius 3 is 3.06 bits per heavy atom. The van der Waals surface area contributed by atoms with Gasteiger partial charge in [0.1, 0.15) is 5.69 Å². The van der Waals surface area contributed by atoms with Crippen molar-refractivity contribution in [1.29, 1.82) is 0 Å². The summed E-state index contributed by atoms with van der Waals surface area (Å²) in [4.78, 5) is 8.51. The highest BCUT2D eigenvalue weighted by atomic mass is 16.5. The maximum atomic E-state index is 5.11. The van der Waals surface area contributed by atoms with E-state index in [1.165, 1.54) is 0 Å². The van der Waals surface area contributed by atoms with E-state index in [0.29, 0.717) is 18.3 Å². The van der Waals surface area contributed by atoms with E-state index >= 15 is 0 Å². The van der Waals surface area contributed by atoms with Gasteiger partial charge in [0.2, 0.25) is 11.7 Å². The van der Waals surface area contributed by atoms with E-state index < -0.39 is 0 Å². The Balaban J connectivity index is 2.22. The average Bonchev–Trinajstić information content (AvgIpc) is 2.75. The summed E-state index contributed by atoms with van der Waals surface area (Å²) >= 11 is 0. The molecular weight excluding hydrogens is 204 g/mol. The Bertz CT molecular complexity index is 467. The highest BCUT2D eigenvalue weighted by Gasteiger charge is 2.10. The summed E-state index contributed by atoms with van der Waals surface area (Å²) in [6.45, 7) is 5.47. The van der Waals surface area contributed by atoms with E-state index in [0.717, 1.165) is 17.8 Å². The van der Waals surface area contributed by atoms with Crippen LogP contribution in [0.15, 0.2) is 22.9 Å². The molecule has 0 atom stereocenters. The van der Waals surface area contributed by atoms with Gasteiger partial charge in [0.25, 0.3) is 0 Å². The summed E-state index contributed by atoms with van der Waals surface area (Å²) in [6, 6.07) is 3.86. The number of aryl methyl sites for hydroxylation is 1. The quantitative estimate of drug-likeness (QED) is 0.843. The van der Waals surface area contributed by atoms with Gasteiger partial charge in [0.05, 0.1) is 6.54 Å². The van der Waals surface area contributed by atoms with Crippen LogP contribution in [0.4, 0.5) is 0 Å². The molecule has 0 aliphatic rings. The molecule has 0 spiro atoms. The van der Waals surface area contributed by atoms with Crippen LogP contribution in [0.5, 0.6) is 0 Å². The van der Waals surface area contributed by atoms with Crippen molar-refractivity contribution < 1.29 is 4.52 Å². The number of nitrogens with one attached hydrogen (secondary N) is 1. The standard InChI is InChI=1S/C11H14N4O/c1-3-12-7-9-14-11(15-16-9)10-8(2)5-4-6-13-10/h4-6,12H,3,7H2,1-2H3. The molecule has 0 radical (unpaired) electrons. The van der Waals surface area contributed by atoms with E-state index in [9.17, 15) is 0 Å². The van der Waals surface area contributed by atoms with Gasteiger partial charge in [-0.25, -0.2) is 0 Å². The largest absolute Gasteiger partial charge is 0.337 e. The van der Waals surface area contributed by atoms with Gasteiger partial charge in [-0.2, -0.15) is 4.98 Å². The lowest BCUT2D eigenvalue weighted by atomic mass is 10.2. The van der Waals surface area contributed by atoms with Gasteiger partial charge in [0.15, 0.2) is 0 Å². The van der Waals surface area contributed by atoms with Gasteiger partial charge < -0.3 is 9.84 Å². The van der Waals surface area contributed by atoms with Gasteiger partial charge in [-0.1, -0.05) is 18.1 Å². The SMILES string of the molecule is CCNCc1nc(-c2ncccc2C)no1. The first-order chi connectivity index (χ1) is 7.81. The third-order valence-electron chi connectivity index (χ3n) is 2.22. The summed E-state index contributed by atoms with van der Waals surface area (Å²) in [7, 11) is 0. The molecule has 16 heavy (non-hydrogen) atoms. The van der Waals surface area contributed by atoms with Crippen LogP contribution in [0.2, 0.25) is 0 Å². The van der Waals surface area contributed by atoms with E-state index in [1.807, 2.05) is 26.0 Å². The maximum absolute atomic E-state index is 5.11. The van der Waals surface area contributed by atoms with E-state index in [2.05, 4.69) is 20.4 Å². The number of rotatable bonds is 4. The van der Waals surface area contributed by atoms with Crippen molar-refractivity contribution in [3.05, 3.63) is 29.8 Å². The number of aromatic nitrogens is 3. The molecule has 0 unspecified atom stereocenters. The molecule has 2 heterocycles. The van der Waals surface area contributed by atoms with Crippen molar-refractivity contribution in [2.24, 2.45) is 0 Å². The lowest BCUT2D eigenvalue weighted by molar-refractivity contribution is 0.369. The maximum Gasteiger partial charge on any atom is 0.240 e. The fourth-order valence-electron chi connectivity index (χ4n) is 1.37. The Labute approximate surface area is 93.9 Å². The van der Waals surface area contributed by atoms with Crippen molar-refractivity contribution in [3.63, 3.8) is 0 Å². The molecule has 0 aromatic carbocycles. The van der Waals surface area contributed by atoms with Gasteiger partial charge in [-0.15, -0.1) is 0 Å². The molecule has 0 amide bonds. The molecule has 0 saturated heterocycles. The first-order valence-electron chi connectivity index (χ1n) is 5.26. The van der Waals surface area contributed by atoms with Gasteiger partial charge in [0, 0.05) is 6.20 Å². The lowest BCUT2D eigenvalue weighted by Gasteiger charge is -1.96. The summed E-state index contributed by atoms with van der Waals surface area (Å²) in [5, 5.41) is 7.04. The summed E-state index contributed by atoms with van der Waals surface area (Å²) in [6.07, 6.45) is 1.72. The monoisotopic (exact) mass is 218 g/mol. The fourth-order valence-corrected chi connectivity index (χ4v) is 1.37. The van der Waals surface area contributed by atoms with Crippen LogP contribution in [0.3, 0.4) is 0 Å². The van der Waals surface area contributed by atoms with Crippen LogP contribution in [-0.2, 0) is 6.54 Å². The van der Waals surface area contributed by atoms with Crippen LogP contribution in [-0.4, -0.2) is 21.7 Å². The molecule has 1 N–H and O–H groups in total. The van der Waals surface area contributed by atoms with E-state index in [1.54, 1.807) is 6.20 Å². The Kier molecular flexibility index (Phi) is 3.26. The topological polar surface area (TPSA) is 63.8 Å². The second-order valence-corrected chi connectivity index (χ2v) is 3.46. The van der Waals surface area contributed by atoms with Crippen LogP contribution < -0.4 is 5.32 Å². The molecule has 2 aromatic heterocycles. The number of hydrogen-bond donors (Lipinski definition) is 1. The molecular formula is C11H14N4O. The molecule has 2 rings (SSSR count). The zero-order valence-electron chi connectivity index (χ0n) is 9.40. The second kappa shape index (κ2) is 4.85. The Morgan fingerprint density at radius 2 is 2.31 bits per heavy atom. The zero-order chi connectivity index (χ0) is 11.4. The van der Waals surface area contributed by atoms with Crippen LogP contribution in [0, 0.1) is 6.92 Å². The first kappa shape index (κ1) is 10.8. The highest BCUT2D eigenvalue weighted by Crippen LogP contribution is 2.16. The lowest BCUT2D eigenvalue weighted by Crippen LogP contribution is -2.11. The third-order valence-corrected chi connectivity index (χ3v) is 2.22. The van der Waals surface area contributed by atoms with E-state index in [4.69, 9.17) is 4.52 Å². The van der Waals surface area contributed by atoms with Gasteiger partial charge in [-0.3, -0.25) is 4.98 Å². The average molecular weight is 218 g/mol. The van der Waals surface area contributed by atoms with E-state index in [-0.39, 0.29) is 0 Å². The van der Waals surface area contributed by atoms with Gasteiger partial charge >= 0.3 is 0 Å². The molecule has 0 fully saturated rings. The molecule has 2 aromatic rings. The minimum absolute atomic E-state index is 0.547. The van der Waals surface area contributed by atoms with Crippen molar-refractivity contribution in [2.45, 2.75) is 20.4 Å². The minimum atomic E-state index is 0.547. The molecule has 0 bridgehead atoms. The summed E-state index contributed by atoms with van der Waals surface area (Å²) < 4.78 is 5.11. The van der Waals surface area contributed by atoms with Crippen LogP contribution in [0.1, 0.15) is 18.4 Å². The number of hydrogen-bond acceptors (Lipinski definition) is 5. The first-order valence-corrected chi connectivity index (χ1v) is 5.26. The number of pyridine rings is 1. The van der Waals surface area contributed by atoms with Crippen LogP contribution in [0.25, 0.3) is 11.5 Å². The van der Waals surface area contributed by atoms with Crippen molar-refractivity contribution in [2.75, 3.05) is 6.54 Å². The molecule has 5 nitrogen and oxygen atoms in total. The molecule has 0 aliphatic carbocycles. The fraction of sp³-hybridized carbons (Fsp3) is 0.364. The normalized spacial score (nSPS) is 10.6. The van der Waals surface area contributed by atoms with Crippen molar-refractivity contribution in [1.82, 2.24) is 20.4 Å². The van der Waals surface area contributed by atoms with Crippen molar-refractivity contribution >= 4 is 0 Å². The Hall–Kier alpha value is -1.75. The number of nitrogens with zero attached hydrogens (tertiary/aromatic N) is 3. The molecule has 84 valence electrons. The Morgan fingerprint density at radius 1 is 1.44 bits per heavy atom. The van der Waals surface area contributed by atoms with Crippen LogP contribution >= 0.6 is 0 Å². The second-order valence-electron chi connectivity index (χ2n) is 3.46. The summed E-state index contributed by atoms with van der Waals surface area (Å²) in [5.41, 5.74) is 1.81.